The highest BCUT2D eigenvalue weighted by molar-refractivity contribution is 5.50. The Labute approximate surface area is 109 Å². The molecule has 18 heavy (non-hydrogen) atoms. The van der Waals surface area contributed by atoms with Gasteiger partial charge in [0.15, 0.2) is 0 Å². The first-order valence-electron chi connectivity index (χ1n) is 6.47. The fraction of sp³-hybridized carbons (Fsp3) is 0.571. The van der Waals surface area contributed by atoms with Gasteiger partial charge in [0.1, 0.15) is 5.75 Å². The fourth-order valence-corrected chi connectivity index (χ4v) is 2.61. The Kier molecular flexibility index (Phi) is 4.44. The first-order valence-corrected chi connectivity index (χ1v) is 6.47. The zero-order valence-electron chi connectivity index (χ0n) is 11.1. The SMILES string of the molecule is COc1cccc(N(C)C2CCC(ON)CC2)c1. The third-order valence-corrected chi connectivity index (χ3v) is 3.84. The molecule has 4 heteroatoms. The maximum atomic E-state index is 5.26. The molecule has 2 rings (SSSR count). The zero-order valence-corrected chi connectivity index (χ0v) is 11.1. The summed E-state index contributed by atoms with van der Waals surface area (Å²) in [6.07, 6.45) is 4.55. The van der Waals surface area contributed by atoms with Crippen molar-refractivity contribution in [1.82, 2.24) is 0 Å². The average molecular weight is 250 g/mol. The van der Waals surface area contributed by atoms with Crippen molar-refractivity contribution in [2.24, 2.45) is 5.90 Å². The van der Waals surface area contributed by atoms with Gasteiger partial charge in [-0.1, -0.05) is 6.07 Å². The average Bonchev–Trinajstić information content (AvgIpc) is 2.46. The van der Waals surface area contributed by atoms with Crippen LogP contribution in [0.15, 0.2) is 24.3 Å². The van der Waals surface area contributed by atoms with Gasteiger partial charge in [-0.15, -0.1) is 0 Å². The summed E-state index contributed by atoms with van der Waals surface area (Å²) in [7, 11) is 3.84. The molecule has 1 fully saturated rings. The minimum Gasteiger partial charge on any atom is -0.497 e. The quantitative estimate of drug-likeness (QED) is 0.833. The molecule has 0 unspecified atom stereocenters. The second kappa shape index (κ2) is 6.07. The molecule has 0 radical (unpaired) electrons. The summed E-state index contributed by atoms with van der Waals surface area (Å²) in [6, 6.07) is 8.75. The summed E-state index contributed by atoms with van der Waals surface area (Å²) in [6.45, 7) is 0. The number of nitrogens with zero attached hydrogens (tertiary/aromatic N) is 1. The van der Waals surface area contributed by atoms with Gasteiger partial charge < -0.3 is 14.5 Å². The molecule has 0 atom stereocenters. The predicted octanol–water partition coefficient (Wildman–Crippen LogP) is 2.33. The number of hydrogen-bond acceptors (Lipinski definition) is 4. The van der Waals surface area contributed by atoms with E-state index in [0.29, 0.717) is 6.04 Å². The normalized spacial score (nSPS) is 23.7. The maximum absolute atomic E-state index is 5.26. The van der Waals surface area contributed by atoms with Gasteiger partial charge in [0, 0.05) is 24.8 Å². The third kappa shape index (κ3) is 2.94. The van der Waals surface area contributed by atoms with Crippen molar-refractivity contribution in [3.63, 3.8) is 0 Å². The van der Waals surface area contributed by atoms with Gasteiger partial charge in [0.2, 0.25) is 0 Å². The third-order valence-electron chi connectivity index (χ3n) is 3.84. The number of ether oxygens (including phenoxy) is 1. The number of hydrogen-bond donors (Lipinski definition) is 1. The van der Waals surface area contributed by atoms with Crippen molar-refractivity contribution in [1.29, 1.82) is 0 Å². The van der Waals surface area contributed by atoms with Crippen molar-refractivity contribution in [3.05, 3.63) is 24.3 Å². The van der Waals surface area contributed by atoms with Gasteiger partial charge in [0.25, 0.3) is 0 Å². The highest BCUT2D eigenvalue weighted by atomic mass is 16.6. The maximum Gasteiger partial charge on any atom is 0.120 e. The monoisotopic (exact) mass is 250 g/mol. The molecule has 0 spiro atoms. The highest BCUT2D eigenvalue weighted by Gasteiger charge is 2.24. The van der Waals surface area contributed by atoms with E-state index in [1.807, 2.05) is 12.1 Å². The van der Waals surface area contributed by atoms with E-state index >= 15 is 0 Å². The van der Waals surface area contributed by atoms with Crippen LogP contribution in [0.3, 0.4) is 0 Å². The topological polar surface area (TPSA) is 47.7 Å². The zero-order chi connectivity index (χ0) is 13.0. The van der Waals surface area contributed by atoms with E-state index in [-0.39, 0.29) is 6.10 Å². The molecular formula is C14H22N2O2. The molecule has 1 aliphatic carbocycles. The van der Waals surface area contributed by atoms with Crippen molar-refractivity contribution in [3.8, 4) is 5.75 Å². The van der Waals surface area contributed by atoms with Gasteiger partial charge in [-0.2, -0.15) is 0 Å². The van der Waals surface area contributed by atoms with Crippen LogP contribution in [0, 0.1) is 0 Å². The molecule has 1 aromatic carbocycles. The lowest BCUT2D eigenvalue weighted by Crippen LogP contribution is -2.37. The van der Waals surface area contributed by atoms with Crippen LogP contribution in [0.1, 0.15) is 25.7 Å². The number of rotatable bonds is 4. The smallest absolute Gasteiger partial charge is 0.120 e. The van der Waals surface area contributed by atoms with E-state index in [2.05, 4.69) is 24.1 Å². The first kappa shape index (κ1) is 13.2. The molecule has 0 amide bonds. The van der Waals surface area contributed by atoms with Crippen LogP contribution in [0.5, 0.6) is 5.75 Å². The molecule has 100 valence electrons. The van der Waals surface area contributed by atoms with E-state index in [4.69, 9.17) is 15.5 Å². The van der Waals surface area contributed by atoms with Crippen LogP contribution in [0.4, 0.5) is 5.69 Å². The number of methoxy groups -OCH3 is 1. The Bertz CT molecular complexity index is 376. The molecule has 0 heterocycles. The standard InChI is InChI=1S/C14H22N2O2/c1-16(11-6-8-13(18-15)9-7-11)12-4-3-5-14(10-12)17-2/h3-5,10-11,13H,6-9,15H2,1-2H3. The second-order valence-corrected chi connectivity index (χ2v) is 4.88. The molecule has 1 aromatic rings. The molecule has 1 aliphatic rings. The van der Waals surface area contributed by atoms with Gasteiger partial charge in [-0.3, -0.25) is 0 Å². The van der Waals surface area contributed by atoms with Gasteiger partial charge >= 0.3 is 0 Å². The summed E-state index contributed by atoms with van der Waals surface area (Å²) < 4.78 is 5.26. The molecule has 0 bridgehead atoms. The number of benzene rings is 1. The Morgan fingerprint density at radius 3 is 2.56 bits per heavy atom. The van der Waals surface area contributed by atoms with Crippen molar-refractivity contribution >= 4 is 5.69 Å². The minimum atomic E-state index is 0.236. The Morgan fingerprint density at radius 2 is 1.94 bits per heavy atom. The molecule has 0 aromatic heterocycles. The van der Waals surface area contributed by atoms with E-state index in [1.54, 1.807) is 7.11 Å². The Morgan fingerprint density at radius 1 is 1.22 bits per heavy atom. The van der Waals surface area contributed by atoms with Gasteiger partial charge in [0.05, 0.1) is 13.2 Å². The fourth-order valence-electron chi connectivity index (χ4n) is 2.61. The van der Waals surface area contributed by atoms with Crippen molar-refractivity contribution < 1.29 is 9.57 Å². The predicted molar refractivity (Wildman–Crippen MR) is 72.7 cm³/mol. The van der Waals surface area contributed by atoms with E-state index in [1.165, 1.54) is 5.69 Å². The molecular weight excluding hydrogens is 228 g/mol. The molecule has 0 saturated heterocycles. The van der Waals surface area contributed by atoms with Crippen LogP contribution in [-0.2, 0) is 4.84 Å². The number of nitrogens with two attached hydrogens (primary N) is 1. The highest BCUT2D eigenvalue weighted by Crippen LogP contribution is 2.28. The Hall–Kier alpha value is -1.26. The van der Waals surface area contributed by atoms with Gasteiger partial charge in [-0.05, 0) is 37.8 Å². The summed E-state index contributed by atoms with van der Waals surface area (Å²) >= 11 is 0. The Balaban J connectivity index is 2.00. The van der Waals surface area contributed by atoms with Crippen LogP contribution in [-0.4, -0.2) is 26.3 Å². The van der Waals surface area contributed by atoms with Crippen molar-refractivity contribution in [2.45, 2.75) is 37.8 Å². The summed E-state index contributed by atoms with van der Waals surface area (Å²) in [5, 5.41) is 0. The minimum absolute atomic E-state index is 0.236. The number of anilines is 1. The summed E-state index contributed by atoms with van der Waals surface area (Å²) in [5.74, 6) is 6.14. The van der Waals surface area contributed by atoms with E-state index in [9.17, 15) is 0 Å². The lowest BCUT2D eigenvalue weighted by atomic mass is 9.92. The van der Waals surface area contributed by atoms with Gasteiger partial charge in [-0.25, -0.2) is 5.90 Å². The van der Waals surface area contributed by atoms with Crippen LogP contribution in [0.25, 0.3) is 0 Å². The van der Waals surface area contributed by atoms with Crippen molar-refractivity contribution in [2.75, 3.05) is 19.1 Å². The summed E-state index contributed by atoms with van der Waals surface area (Å²) in [4.78, 5) is 7.25. The van der Waals surface area contributed by atoms with Crippen LogP contribution < -0.4 is 15.5 Å². The first-order chi connectivity index (χ1) is 8.74. The molecule has 4 nitrogen and oxygen atoms in total. The lowest BCUT2D eigenvalue weighted by molar-refractivity contribution is 0.0243. The molecule has 1 saturated carbocycles. The van der Waals surface area contributed by atoms with Crippen LogP contribution >= 0.6 is 0 Å². The lowest BCUT2D eigenvalue weighted by Gasteiger charge is -2.35. The van der Waals surface area contributed by atoms with E-state index < -0.39 is 0 Å². The molecule has 0 aliphatic heterocycles. The summed E-state index contributed by atoms with van der Waals surface area (Å²) in [5.41, 5.74) is 1.20. The largest absolute Gasteiger partial charge is 0.497 e. The molecule has 2 N–H and O–H groups in total. The second-order valence-electron chi connectivity index (χ2n) is 4.88. The van der Waals surface area contributed by atoms with E-state index in [0.717, 1.165) is 31.4 Å². The van der Waals surface area contributed by atoms with Crippen LogP contribution in [0.2, 0.25) is 0 Å².